The van der Waals surface area contributed by atoms with Crippen LogP contribution in [0.5, 0.6) is 11.6 Å². The molecule has 0 bridgehead atoms. The van der Waals surface area contributed by atoms with E-state index in [0.29, 0.717) is 11.4 Å². The number of ether oxygens (including phenoxy) is 1. The van der Waals surface area contributed by atoms with Gasteiger partial charge in [0, 0.05) is 12.7 Å². The number of amides is 1. The van der Waals surface area contributed by atoms with Gasteiger partial charge in [-0.3, -0.25) is 23.7 Å². The van der Waals surface area contributed by atoms with Crippen LogP contribution in [-0.4, -0.2) is 42.1 Å². The number of aliphatic carboxylic acids is 1. The first-order valence-electron chi connectivity index (χ1n) is 9.57. The van der Waals surface area contributed by atoms with Crippen molar-refractivity contribution in [1.29, 1.82) is 0 Å². The van der Waals surface area contributed by atoms with Crippen LogP contribution in [-0.2, 0) is 9.59 Å². The smallest absolute Gasteiger partial charge is 0.305 e. The zero-order valence-electron chi connectivity index (χ0n) is 16.8. The van der Waals surface area contributed by atoms with Crippen LogP contribution in [0.4, 0.5) is 0 Å². The molecular weight excluding hydrogens is 450 g/mol. The van der Waals surface area contributed by atoms with Gasteiger partial charge in [-0.1, -0.05) is 48.2 Å². The number of hydrogen-bond donors (Lipinski definition) is 1. The van der Waals surface area contributed by atoms with Crippen LogP contribution < -0.4 is 10.3 Å². The molecule has 1 saturated heterocycles. The number of carboxylic acids is 1. The fourth-order valence-corrected chi connectivity index (χ4v) is 4.38. The molecule has 2 aromatic heterocycles. The first-order chi connectivity index (χ1) is 15.3. The summed E-state index contributed by atoms with van der Waals surface area (Å²) in [5.41, 5.74) is 0.937. The second-order valence-electron chi connectivity index (χ2n) is 6.91. The summed E-state index contributed by atoms with van der Waals surface area (Å²) in [7, 11) is 0. The van der Waals surface area contributed by atoms with E-state index >= 15 is 0 Å². The van der Waals surface area contributed by atoms with Crippen molar-refractivity contribution in [2.45, 2.75) is 13.3 Å². The Morgan fingerprint density at radius 2 is 1.97 bits per heavy atom. The molecule has 1 fully saturated rings. The van der Waals surface area contributed by atoms with Gasteiger partial charge in [0.1, 0.15) is 21.3 Å². The lowest BCUT2D eigenvalue weighted by molar-refractivity contribution is -0.137. The molecule has 0 spiro atoms. The average molecular weight is 468 g/mol. The lowest BCUT2D eigenvalue weighted by atomic mass is 10.2. The molecule has 0 radical (unpaired) electrons. The molecule has 8 nitrogen and oxygen atoms in total. The van der Waals surface area contributed by atoms with Crippen molar-refractivity contribution in [2.75, 3.05) is 6.54 Å². The molecule has 0 saturated carbocycles. The summed E-state index contributed by atoms with van der Waals surface area (Å²) in [4.78, 5) is 42.9. The summed E-state index contributed by atoms with van der Waals surface area (Å²) in [5.74, 6) is -0.899. The van der Waals surface area contributed by atoms with Crippen molar-refractivity contribution < 1.29 is 19.4 Å². The van der Waals surface area contributed by atoms with Gasteiger partial charge < -0.3 is 9.84 Å². The second-order valence-corrected chi connectivity index (χ2v) is 8.59. The lowest BCUT2D eigenvalue weighted by Crippen LogP contribution is -2.30. The third kappa shape index (κ3) is 4.27. The zero-order valence-corrected chi connectivity index (χ0v) is 18.5. The number of carbonyl (C=O) groups is 2. The average Bonchev–Trinajstić information content (AvgIpc) is 3.03. The summed E-state index contributed by atoms with van der Waals surface area (Å²) in [6.07, 6.45) is 2.75. The topological polar surface area (TPSA) is 101 Å². The summed E-state index contributed by atoms with van der Waals surface area (Å²) in [6, 6.07) is 12.5. The van der Waals surface area contributed by atoms with Gasteiger partial charge in [-0.25, -0.2) is 0 Å². The predicted molar refractivity (Wildman–Crippen MR) is 125 cm³/mol. The van der Waals surface area contributed by atoms with Crippen molar-refractivity contribution >= 4 is 51.9 Å². The Morgan fingerprint density at radius 3 is 2.72 bits per heavy atom. The molecule has 1 amide bonds. The van der Waals surface area contributed by atoms with Crippen LogP contribution >= 0.6 is 24.0 Å². The van der Waals surface area contributed by atoms with Crippen molar-refractivity contribution in [1.82, 2.24) is 14.3 Å². The number of aromatic nitrogens is 2. The normalized spacial score (nSPS) is 15.0. The van der Waals surface area contributed by atoms with Crippen molar-refractivity contribution in [3.05, 3.63) is 75.0 Å². The Hall–Kier alpha value is -3.50. The third-order valence-corrected chi connectivity index (χ3v) is 6.11. The highest BCUT2D eigenvalue weighted by atomic mass is 32.2. The molecule has 0 atom stereocenters. The fourth-order valence-electron chi connectivity index (χ4n) is 3.09. The molecule has 32 heavy (non-hydrogen) atoms. The first kappa shape index (κ1) is 21.7. The molecule has 0 unspecified atom stereocenters. The third-order valence-electron chi connectivity index (χ3n) is 4.73. The van der Waals surface area contributed by atoms with Gasteiger partial charge >= 0.3 is 5.97 Å². The molecule has 1 aliphatic heterocycles. The van der Waals surface area contributed by atoms with Gasteiger partial charge in [0.2, 0.25) is 5.88 Å². The van der Waals surface area contributed by atoms with Crippen LogP contribution in [0, 0.1) is 6.92 Å². The van der Waals surface area contributed by atoms with Gasteiger partial charge in [0.05, 0.1) is 11.3 Å². The van der Waals surface area contributed by atoms with E-state index in [9.17, 15) is 14.4 Å². The van der Waals surface area contributed by atoms with E-state index in [1.807, 2.05) is 25.1 Å². The molecule has 1 aromatic carbocycles. The van der Waals surface area contributed by atoms with Crippen LogP contribution in [0.25, 0.3) is 11.7 Å². The van der Waals surface area contributed by atoms with E-state index in [2.05, 4.69) is 4.98 Å². The van der Waals surface area contributed by atoms with Gasteiger partial charge in [-0.15, -0.1) is 0 Å². The number of hydrogen-bond acceptors (Lipinski definition) is 7. The molecule has 4 rings (SSSR count). The van der Waals surface area contributed by atoms with Gasteiger partial charge in [-0.2, -0.15) is 4.98 Å². The maximum Gasteiger partial charge on any atom is 0.305 e. The zero-order chi connectivity index (χ0) is 22.8. The lowest BCUT2D eigenvalue weighted by Gasteiger charge is -2.12. The SMILES string of the molecule is Cc1ccccc1Oc1nc2ccccn2c(=O)c1/C=C1\SC(=S)N(CCC(=O)O)C1=O. The van der Waals surface area contributed by atoms with Crippen LogP contribution in [0.3, 0.4) is 0 Å². The van der Waals surface area contributed by atoms with Crippen molar-refractivity contribution in [3.63, 3.8) is 0 Å². The molecule has 10 heteroatoms. The minimum Gasteiger partial charge on any atom is -0.481 e. The molecule has 162 valence electrons. The van der Waals surface area contributed by atoms with Gasteiger partial charge in [0.15, 0.2) is 0 Å². The summed E-state index contributed by atoms with van der Waals surface area (Å²) in [5, 5.41) is 8.91. The molecule has 3 aromatic rings. The Labute approximate surface area is 192 Å². The number of carboxylic acid groups (broad SMARTS) is 1. The number of thiocarbonyl (C=S) groups is 1. The van der Waals surface area contributed by atoms with Gasteiger partial charge in [-0.05, 0) is 36.8 Å². The Bertz CT molecular complexity index is 1350. The molecule has 0 aliphatic carbocycles. The number of carbonyl (C=O) groups excluding carboxylic acids is 1. The van der Waals surface area contributed by atoms with Crippen LogP contribution in [0.1, 0.15) is 17.5 Å². The summed E-state index contributed by atoms with van der Waals surface area (Å²) < 4.78 is 7.59. The van der Waals surface area contributed by atoms with E-state index in [1.165, 1.54) is 15.4 Å². The number of pyridine rings is 1. The summed E-state index contributed by atoms with van der Waals surface area (Å²) in [6.45, 7) is 1.83. The monoisotopic (exact) mass is 467 g/mol. The van der Waals surface area contributed by atoms with Crippen molar-refractivity contribution in [2.24, 2.45) is 0 Å². The number of para-hydroxylation sites is 1. The van der Waals surface area contributed by atoms with Gasteiger partial charge in [0.25, 0.3) is 11.5 Å². The highest BCUT2D eigenvalue weighted by Gasteiger charge is 2.33. The predicted octanol–water partition coefficient (Wildman–Crippen LogP) is 3.47. The van der Waals surface area contributed by atoms with E-state index in [0.717, 1.165) is 17.3 Å². The molecule has 1 N–H and O–H groups in total. The summed E-state index contributed by atoms with van der Waals surface area (Å²) >= 11 is 6.24. The second kappa shape index (κ2) is 8.93. The number of fused-ring (bicyclic) bond motifs is 1. The number of benzene rings is 1. The maximum absolute atomic E-state index is 13.3. The number of thioether (sulfide) groups is 1. The van der Waals surface area contributed by atoms with E-state index in [-0.39, 0.29) is 33.6 Å². The fraction of sp³-hybridized carbons (Fsp3) is 0.136. The van der Waals surface area contributed by atoms with E-state index < -0.39 is 17.4 Å². The standard InChI is InChI=1S/C22H17N3O5S2/c1-13-6-2-3-7-15(13)30-19-14(20(28)24-10-5-4-8-17(24)23-19)12-16-21(29)25(22(31)32-16)11-9-18(26)27/h2-8,10,12H,9,11H2,1H3,(H,26,27)/b16-12-. The van der Waals surface area contributed by atoms with Crippen molar-refractivity contribution in [3.8, 4) is 11.6 Å². The molecule has 1 aliphatic rings. The Morgan fingerprint density at radius 1 is 1.22 bits per heavy atom. The largest absolute Gasteiger partial charge is 0.481 e. The minimum atomic E-state index is -1.03. The van der Waals surface area contributed by atoms with Crippen LogP contribution in [0.2, 0.25) is 0 Å². The van der Waals surface area contributed by atoms with E-state index in [4.69, 9.17) is 22.1 Å². The Kier molecular flexibility index (Phi) is 6.06. The number of rotatable bonds is 6. The highest BCUT2D eigenvalue weighted by molar-refractivity contribution is 8.26. The molecular formula is C22H17N3O5S2. The number of aryl methyl sites for hydroxylation is 1. The maximum atomic E-state index is 13.3. The first-order valence-corrected chi connectivity index (χ1v) is 10.8. The highest BCUT2D eigenvalue weighted by Crippen LogP contribution is 2.34. The molecule has 3 heterocycles. The Balaban J connectivity index is 1.81. The van der Waals surface area contributed by atoms with E-state index in [1.54, 1.807) is 30.5 Å². The number of nitrogens with zero attached hydrogens (tertiary/aromatic N) is 3. The quantitative estimate of drug-likeness (QED) is 0.434. The van der Waals surface area contributed by atoms with Crippen LogP contribution in [0.15, 0.2) is 58.4 Å². The minimum absolute atomic E-state index is 0.0428.